The van der Waals surface area contributed by atoms with Crippen molar-refractivity contribution in [1.29, 1.82) is 0 Å². The second-order valence-electron chi connectivity index (χ2n) is 6.06. The van der Waals surface area contributed by atoms with Gasteiger partial charge in [-0.2, -0.15) is 0 Å². The van der Waals surface area contributed by atoms with E-state index in [1.807, 2.05) is 25.1 Å². The highest BCUT2D eigenvalue weighted by Gasteiger charge is 2.01. The summed E-state index contributed by atoms with van der Waals surface area (Å²) in [5.74, 6) is 0. The molecule has 4 aromatic rings. The molecule has 0 heterocycles. The third-order valence-electron chi connectivity index (χ3n) is 4.07. The minimum absolute atomic E-state index is 0.852. The first-order chi connectivity index (χ1) is 11.9. The van der Waals surface area contributed by atoms with Crippen molar-refractivity contribution in [2.24, 2.45) is 0 Å². The molecule has 0 radical (unpaired) electrons. The highest BCUT2D eigenvalue weighted by atomic mass is 79.9. The molecule has 0 atom stereocenters. The molecule has 0 saturated heterocycles. The Morgan fingerprint density at radius 2 is 1.20 bits per heavy atom. The zero-order valence-electron chi connectivity index (χ0n) is 14.0. The SMILES string of the molecule is Cc1ccc2cc(Br)ccc2c1.Cc1ccc2cc(Br)ccc2c1Cl. The molecule has 4 aromatic carbocycles. The highest BCUT2D eigenvalue weighted by Crippen LogP contribution is 2.28. The third-order valence-corrected chi connectivity index (χ3v) is 5.56. The summed E-state index contributed by atoms with van der Waals surface area (Å²) < 4.78 is 2.22. The van der Waals surface area contributed by atoms with Crippen LogP contribution in [0.4, 0.5) is 0 Å². The minimum atomic E-state index is 0.852. The van der Waals surface area contributed by atoms with Gasteiger partial charge in [0.2, 0.25) is 0 Å². The monoisotopic (exact) mass is 474 g/mol. The van der Waals surface area contributed by atoms with E-state index < -0.39 is 0 Å². The zero-order valence-corrected chi connectivity index (χ0v) is 17.9. The van der Waals surface area contributed by atoms with Crippen LogP contribution >= 0.6 is 43.5 Å². The molecule has 0 saturated carbocycles. The van der Waals surface area contributed by atoms with Crippen molar-refractivity contribution in [3.8, 4) is 0 Å². The molecule has 0 spiro atoms. The Bertz CT molecular complexity index is 1010. The average Bonchev–Trinajstić information content (AvgIpc) is 2.59. The lowest BCUT2D eigenvalue weighted by molar-refractivity contribution is 1.50. The Balaban J connectivity index is 0.000000146. The second kappa shape index (κ2) is 7.90. The maximum absolute atomic E-state index is 6.16. The van der Waals surface area contributed by atoms with E-state index in [0.717, 1.165) is 24.9 Å². The molecule has 0 aromatic heterocycles. The second-order valence-corrected chi connectivity index (χ2v) is 8.27. The van der Waals surface area contributed by atoms with Gasteiger partial charge in [0.05, 0.1) is 5.02 Å². The summed E-state index contributed by atoms with van der Waals surface area (Å²) >= 11 is 13.0. The molecule has 0 aliphatic rings. The molecular weight excluding hydrogens is 460 g/mol. The van der Waals surface area contributed by atoms with Crippen LogP contribution in [0.5, 0.6) is 0 Å². The molecule has 25 heavy (non-hydrogen) atoms. The Morgan fingerprint density at radius 1 is 0.640 bits per heavy atom. The quantitative estimate of drug-likeness (QED) is 0.239. The molecule has 0 N–H and O–H groups in total. The lowest BCUT2D eigenvalue weighted by atomic mass is 10.1. The van der Waals surface area contributed by atoms with Gasteiger partial charge in [0.25, 0.3) is 0 Å². The number of rotatable bonds is 0. The Hall–Kier alpha value is -1.35. The summed E-state index contributed by atoms with van der Waals surface area (Å²) in [6.07, 6.45) is 0. The molecule has 0 aliphatic carbocycles. The van der Waals surface area contributed by atoms with Gasteiger partial charge in [0, 0.05) is 14.3 Å². The van der Waals surface area contributed by atoms with Crippen LogP contribution in [0.2, 0.25) is 5.02 Å². The Morgan fingerprint density at radius 3 is 1.96 bits per heavy atom. The van der Waals surface area contributed by atoms with Crippen molar-refractivity contribution in [3.63, 3.8) is 0 Å². The lowest BCUT2D eigenvalue weighted by Crippen LogP contribution is -1.78. The number of hydrogen-bond acceptors (Lipinski definition) is 0. The summed E-state index contributed by atoms with van der Waals surface area (Å²) in [6.45, 7) is 4.13. The van der Waals surface area contributed by atoms with Gasteiger partial charge in [-0.05, 0) is 59.8 Å². The molecule has 3 heteroatoms. The largest absolute Gasteiger partial charge is 0.0834 e. The molecule has 0 aliphatic heterocycles. The molecule has 0 nitrogen and oxygen atoms in total. The van der Waals surface area contributed by atoms with Gasteiger partial charge in [-0.15, -0.1) is 0 Å². The van der Waals surface area contributed by atoms with Gasteiger partial charge in [0.15, 0.2) is 0 Å². The molecule has 0 fully saturated rings. The van der Waals surface area contributed by atoms with E-state index in [1.54, 1.807) is 0 Å². The van der Waals surface area contributed by atoms with Crippen molar-refractivity contribution >= 4 is 65.0 Å². The maximum Gasteiger partial charge on any atom is 0.0513 e. The van der Waals surface area contributed by atoms with Crippen molar-refractivity contribution in [1.82, 2.24) is 0 Å². The van der Waals surface area contributed by atoms with Gasteiger partial charge in [-0.1, -0.05) is 91.5 Å². The topological polar surface area (TPSA) is 0 Å². The van der Waals surface area contributed by atoms with Gasteiger partial charge >= 0.3 is 0 Å². The van der Waals surface area contributed by atoms with Crippen LogP contribution in [0, 0.1) is 13.8 Å². The number of fused-ring (bicyclic) bond motifs is 2. The standard InChI is InChI=1S/C11H8BrCl.C11H9Br/c1-7-2-3-8-6-9(12)4-5-10(8)11(7)13;1-8-2-3-10-7-11(12)5-4-9(10)6-8/h2-6H,1H3;2-7H,1H3. The van der Waals surface area contributed by atoms with E-state index in [4.69, 9.17) is 11.6 Å². The van der Waals surface area contributed by atoms with Crippen LogP contribution in [-0.4, -0.2) is 0 Å². The zero-order chi connectivity index (χ0) is 18.0. The van der Waals surface area contributed by atoms with E-state index >= 15 is 0 Å². The summed E-state index contributed by atoms with van der Waals surface area (Å²) in [6, 6.07) is 23.1. The minimum Gasteiger partial charge on any atom is -0.0834 e. The van der Waals surface area contributed by atoms with Crippen LogP contribution < -0.4 is 0 Å². The van der Waals surface area contributed by atoms with Gasteiger partial charge in [0.1, 0.15) is 0 Å². The molecule has 126 valence electrons. The van der Waals surface area contributed by atoms with Crippen LogP contribution in [0.1, 0.15) is 11.1 Å². The molecular formula is C22H17Br2Cl. The fourth-order valence-electron chi connectivity index (χ4n) is 2.71. The first-order valence-corrected chi connectivity index (χ1v) is 9.91. The first-order valence-electron chi connectivity index (χ1n) is 7.94. The Kier molecular flexibility index (Phi) is 5.83. The maximum atomic E-state index is 6.16. The average molecular weight is 477 g/mol. The van der Waals surface area contributed by atoms with Gasteiger partial charge < -0.3 is 0 Å². The van der Waals surface area contributed by atoms with Gasteiger partial charge in [-0.25, -0.2) is 0 Å². The summed E-state index contributed by atoms with van der Waals surface area (Å²) in [4.78, 5) is 0. The van der Waals surface area contributed by atoms with Crippen molar-refractivity contribution in [2.45, 2.75) is 13.8 Å². The van der Waals surface area contributed by atoms with Crippen LogP contribution in [-0.2, 0) is 0 Å². The van der Waals surface area contributed by atoms with Crippen LogP contribution in [0.3, 0.4) is 0 Å². The fourth-order valence-corrected chi connectivity index (χ4v) is 3.70. The van der Waals surface area contributed by atoms with Crippen LogP contribution in [0.25, 0.3) is 21.5 Å². The van der Waals surface area contributed by atoms with E-state index in [1.165, 1.54) is 21.7 Å². The summed E-state index contributed by atoms with van der Waals surface area (Å²) in [7, 11) is 0. The van der Waals surface area contributed by atoms with E-state index in [0.29, 0.717) is 0 Å². The van der Waals surface area contributed by atoms with Gasteiger partial charge in [-0.3, -0.25) is 0 Å². The molecule has 0 amide bonds. The predicted molar refractivity (Wildman–Crippen MR) is 118 cm³/mol. The predicted octanol–water partition coefficient (Wildman–Crippen LogP) is 8.47. The van der Waals surface area contributed by atoms with Crippen molar-refractivity contribution in [2.75, 3.05) is 0 Å². The molecule has 0 unspecified atom stereocenters. The summed E-state index contributed by atoms with van der Waals surface area (Å²) in [5, 5.41) is 5.73. The van der Waals surface area contributed by atoms with Crippen LogP contribution in [0.15, 0.2) is 75.7 Å². The van der Waals surface area contributed by atoms with Crippen molar-refractivity contribution < 1.29 is 0 Å². The normalized spacial score (nSPS) is 10.6. The number of halogens is 3. The molecule has 0 bridgehead atoms. The smallest absolute Gasteiger partial charge is 0.0513 e. The van der Waals surface area contributed by atoms with E-state index in [-0.39, 0.29) is 0 Å². The number of aryl methyl sites for hydroxylation is 2. The fraction of sp³-hybridized carbons (Fsp3) is 0.0909. The number of hydrogen-bond donors (Lipinski definition) is 0. The molecule has 4 rings (SSSR count). The number of benzene rings is 4. The van der Waals surface area contributed by atoms with E-state index in [9.17, 15) is 0 Å². The highest BCUT2D eigenvalue weighted by molar-refractivity contribution is 9.10. The first kappa shape index (κ1) is 18.4. The lowest BCUT2D eigenvalue weighted by Gasteiger charge is -2.03. The Labute approximate surface area is 170 Å². The van der Waals surface area contributed by atoms with Crippen molar-refractivity contribution in [3.05, 3.63) is 91.8 Å². The summed E-state index contributed by atoms with van der Waals surface area (Å²) in [5.41, 5.74) is 2.43. The third kappa shape index (κ3) is 4.44. The van der Waals surface area contributed by atoms with E-state index in [2.05, 4.69) is 87.3 Å².